The Hall–Kier alpha value is -2.28. The van der Waals surface area contributed by atoms with Crippen LogP contribution in [0.15, 0.2) is 29.3 Å². The third-order valence-electron chi connectivity index (χ3n) is 5.72. The molecule has 166 valence electrons. The van der Waals surface area contributed by atoms with Gasteiger partial charge in [-0.3, -0.25) is 9.79 Å². The molecular formula is C23H36N4O3. The number of carbonyl (C=O) groups is 1. The van der Waals surface area contributed by atoms with Crippen LogP contribution in [-0.4, -0.2) is 80.8 Å². The number of morpholine rings is 1. The lowest BCUT2D eigenvalue weighted by Gasteiger charge is -2.36. The fraction of sp³-hybridized carbons (Fsp3) is 0.652. The van der Waals surface area contributed by atoms with Crippen LogP contribution in [0.25, 0.3) is 0 Å². The minimum Gasteiger partial charge on any atom is -0.493 e. The minimum atomic E-state index is 0.129. The number of amides is 1. The SMILES string of the molecule is CCNC(=NCCCOc1ccccc1C)N1CCC(C(=O)N2CCOCC2)CC1. The molecule has 7 heteroatoms. The quantitative estimate of drug-likeness (QED) is 0.420. The number of ether oxygens (including phenoxy) is 2. The molecule has 3 rings (SSSR count). The molecule has 2 fully saturated rings. The standard InChI is InChI=1S/C23H36N4O3/c1-3-24-23(25-11-6-16-30-21-8-5-4-7-19(21)2)27-12-9-20(10-13-27)22(28)26-14-17-29-18-15-26/h4-5,7-8,20H,3,6,9-18H2,1-2H3,(H,24,25). The van der Waals surface area contributed by atoms with Crippen LogP contribution in [0.2, 0.25) is 0 Å². The lowest BCUT2D eigenvalue weighted by atomic mass is 9.95. The van der Waals surface area contributed by atoms with Gasteiger partial charge in [-0.15, -0.1) is 0 Å². The van der Waals surface area contributed by atoms with Crippen molar-refractivity contribution in [1.29, 1.82) is 0 Å². The molecule has 1 aromatic carbocycles. The van der Waals surface area contributed by atoms with Crippen LogP contribution in [0.4, 0.5) is 0 Å². The molecule has 1 amide bonds. The number of piperidine rings is 1. The van der Waals surface area contributed by atoms with E-state index in [4.69, 9.17) is 14.5 Å². The molecule has 0 unspecified atom stereocenters. The van der Waals surface area contributed by atoms with Gasteiger partial charge in [-0.25, -0.2) is 0 Å². The second kappa shape index (κ2) is 11.8. The second-order valence-corrected chi connectivity index (χ2v) is 7.90. The highest BCUT2D eigenvalue weighted by Crippen LogP contribution is 2.20. The predicted molar refractivity (Wildman–Crippen MR) is 119 cm³/mol. The van der Waals surface area contributed by atoms with Crippen LogP contribution >= 0.6 is 0 Å². The number of aliphatic imine (C=N–C) groups is 1. The first-order valence-corrected chi connectivity index (χ1v) is 11.3. The number of rotatable bonds is 7. The molecule has 2 aliphatic heterocycles. The summed E-state index contributed by atoms with van der Waals surface area (Å²) in [5, 5.41) is 3.40. The zero-order chi connectivity index (χ0) is 21.2. The molecule has 0 radical (unpaired) electrons. The maximum Gasteiger partial charge on any atom is 0.225 e. The molecular weight excluding hydrogens is 380 g/mol. The molecule has 30 heavy (non-hydrogen) atoms. The summed E-state index contributed by atoms with van der Waals surface area (Å²) in [7, 11) is 0. The molecule has 0 saturated carbocycles. The molecule has 0 spiro atoms. The summed E-state index contributed by atoms with van der Waals surface area (Å²) in [4.78, 5) is 21.8. The fourth-order valence-corrected chi connectivity index (χ4v) is 3.96. The Labute approximate surface area is 180 Å². The Morgan fingerprint density at radius 2 is 1.90 bits per heavy atom. The molecule has 0 aliphatic carbocycles. The summed E-state index contributed by atoms with van der Waals surface area (Å²) in [6.45, 7) is 10.9. The van der Waals surface area contributed by atoms with E-state index in [1.165, 1.54) is 0 Å². The van der Waals surface area contributed by atoms with E-state index in [0.717, 1.165) is 75.8 Å². The summed E-state index contributed by atoms with van der Waals surface area (Å²) < 4.78 is 11.2. The van der Waals surface area contributed by atoms with Crippen LogP contribution in [0.1, 0.15) is 31.7 Å². The monoisotopic (exact) mass is 416 g/mol. The number of nitrogens with zero attached hydrogens (tertiary/aromatic N) is 3. The van der Waals surface area contributed by atoms with E-state index in [2.05, 4.69) is 30.1 Å². The molecule has 0 aromatic heterocycles. The zero-order valence-electron chi connectivity index (χ0n) is 18.4. The predicted octanol–water partition coefficient (Wildman–Crippen LogP) is 2.30. The van der Waals surface area contributed by atoms with Crippen molar-refractivity contribution in [2.75, 3.05) is 59.1 Å². The van der Waals surface area contributed by atoms with Crippen molar-refractivity contribution in [3.8, 4) is 5.75 Å². The lowest BCUT2D eigenvalue weighted by Crippen LogP contribution is -2.50. The largest absolute Gasteiger partial charge is 0.493 e. The van der Waals surface area contributed by atoms with Gasteiger partial charge < -0.3 is 24.6 Å². The van der Waals surface area contributed by atoms with Crippen molar-refractivity contribution < 1.29 is 14.3 Å². The number of hydrogen-bond acceptors (Lipinski definition) is 4. The normalized spacial score (nSPS) is 18.4. The van der Waals surface area contributed by atoms with E-state index >= 15 is 0 Å². The highest BCUT2D eigenvalue weighted by molar-refractivity contribution is 5.81. The Morgan fingerprint density at radius 3 is 2.60 bits per heavy atom. The van der Waals surface area contributed by atoms with Crippen LogP contribution in [-0.2, 0) is 9.53 Å². The fourth-order valence-electron chi connectivity index (χ4n) is 3.96. The van der Waals surface area contributed by atoms with Crippen molar-refractivity contribution in [1.82, 2.24) is 15.1 Å². The van der Waals surface area contributed by atoms with Gasteiger partial charge in [0.15, 0.2) is 5.96 Å². The second-order valence-electron chi connectivity index (χ2n) is 7.90. The van der Waals surface area contributed by atoms with Gasteiger partial charge in [0.25, 0.3) is 0 Å². The van der Waals surface area contributed by atoms with Gasteiger partial charge in [0.2, 0.25) is 5.91 Å². The molecule has 2 aliphatic rings. The Bertz CT molecular complexity index is 695. The summed E-state index contributed by atoms with van der Waals surface area (Å²) in [6, 6.07) is 8.08. The number of carbonyl (C=O) groups excluding carboxylic acids is 1. The first-order chi connectivity index (χ1) is 14.7. The van der Waals surface area contributed by atoms with Crippen LogP contribution in [0, 0.1) is 12.8 Å². The number of benzene rings is 1. The average Bonchev–Trinajstić information content (AvgIpc) is 2.79. The maximum atomic E-state index is 12.7. The number of likely N-dealkylation sites (tertiary alicyclic amines) is 1. The van der Waals surface area contributed by atoms with E-state index in [1.54, 1.807) is 0 Å². The van der Waals surface area contributed by atoms with Gasteiger partial charge >= 0.3 is 0 Å². The average molecular weight is 417 g/mol. The molecule has 1 N–H and O–H groups in total. The minimum absolute atomic E-state index is 0.129. The van der Waals surface area contributed by atoms with E-state index in [1.807, 2.05) is 23.1 Å². The first kappa shape index (κ1) is 22.4. The topological polar surface area (TPSA) is 66.4 Å². The first-order valence-electron chi connectivity index (χ1n) is 11.3. The van der Waals surface area contributed by atoms with Crippen molar-refractivity contribution >= 4 is 11.9 Å². The van der Waals surface area contributed by atoms with Crippen LogP contribution in [0.3, 0.4) is 0 Å². The number of para-hydroxylation sites is 1. The Balaban J connectivity index is 1.43. The van der Waals surface area contributed by atoms with Gasteiger partial charge in [-0.2, -0.15) is 0 Å². The van der Waals surface area contributed by atoms with E-state index in [-0.39, 0.29) is 5.92 Å². The highest BCUT2D eigenvalue weighted by Gasteiger charge is 2.30. The summed E-state index contributed by atoms with van der Waals surface area (Å²) in [6.07, 6.45) is 2.64. The molecule has 7 nitrogen and oxygen atoms in total. The molecule has 2 heterocycles. The van der Waals surface area contributed by atoms with Gasteiger partial charge in [-0.05, 0) is 38.3 Å². The number of guanidine groups is 1. The number of aryl methyl sites for hydroxylation is 1. The summed E-state index contributed by atoms with van der Waals surface area (Å²) >= 11 is 0. The molecule has 0 bridgehead atoms. The lowest BCUT2D eigenvalue weighted by molar-refractivity contribution is -0.140. The smallest absolute Gasteiger partial charge is 0.225 e. The van der Waals surface area contributed by atoms with Crippen molar-refractivity contribution in [3.63, 3.8) is 0 Å². The van der Waals surface area contributed by atoms with E-state index in [9.17, 15) is 4.79 Å². The van der Waals surface area contributed by atoms with Crippen molar-refractivity contribution in [2.24, 2.45) is 10.9 Å². The Morgan fingerprint density at radius 1 is 1.17 bits per heavy atom. The highest BCUT2D eigenvalue weighted by atomic mass is 16.5. The third-order valence-corrected chi connectivity index (χ3v) is 5.72. The maximum absolute atomic E-state index is 12.7. The zero-order valence-corrected chi connectivity index (χ0v) is 18.4. The number of hydrogen-bond donors (Lipinski definition) is 1. The van der Waals surface area contributed by atoms with E-state index in [0.29, 0.717) is 25.7 Å². The summed E-state index contributed by atoms with van der Waals surface area (Å²) in [5.41, 5.74) is 1.16. The van der Waals surface area contributed by atoms with Crippen LogP contribution < -0.4 is 10.1 Å². The molecule has 1 aromatic rings. The molecule has 0 atom stereocenters. The number of nitrogens with one attached hydrogen (secondary N) is 1. The van der Waals surface area contributed by atoms with Gasteiger partial charge in [0, 0.05) is 51.6 Å². The van der Waals surface area contributed by atoms with E-state index < -0.39 is 0 Å². The molecule has 2 saturated heterocycles. The van der Waals surface area contributed by atoms with Gasteiger partial charge in [0.1, 0.15) is 5.75 Å². The van der Waals surface area contributed by atoms with Crippen molar-refractivity contribution in [3.05, 3.63) is 29.8 Å². The van der Waals surface area contributed by atoms with Gasteiger partial charge in [-0.1, -0.05) is 18.2 Å². The van der Waals surface area contributed by atoms with Crippen molar-refractivity contribution in [2.45, 2.75) is 33.1 Å². The third kappa shape index (κ3) is 6.36. The van der Waals surface area contributed by atoms with Gasteiger partial charge in [0.05, 0.1) is 19.8 Å². The van der Waals surface area contributed by atoms with Crippen LogP contribution in [0.5, 0.6) is 5.75 Å². The Kier molecular flexibility index (Phi) is 8.81. The summed E-state index contributed by atoms with van der Waals surface area (Å²) in [5.74, 6) is 2.32.